The summed E-state index contributed by atoms with van der Waals surface area (Å²) in [6, 6.07) is 0. The van der Waals surface area contributed by atoms with E-state index in [-0.39, 0.29) is 0 Å². The molecule has 0 aliphatic carbocycles. The van der Waals surface area contributed by atoms with E-state index >= 15 is 0 Å². The second-order valence-electron chi connectivity index (χ2n) is 2.44. The van der Waals surface area contributed by atoms with Crippen molar-refractivity contribution in [3.63, 3.8) is 0 Å². The number of ether oxygens (including phenoxy) is 1. The third-order valence-electron chi connectivity index (χ3n) is 1.66. The molecule has 1 saturated heterocycles. The van der Waals surface area contributed by atoms with Gasteiger partial charge in [0.1, 0.15) is 0 Å². The van der Waals surface area contributed by atoms with Crippen LogP contribution in [0.25, 0.3) is 0 Å². The first-order valence-corrected chi connectivity index (χ1v) is 3.66. The molecule has 0 aromatic heterocycles. The van der Waals surface area contributed by atoms with Crippen molar-refractivity contribution in [1.82, 2.24) is 0 Å². The lowest BCUT2D eigenvalue weighted by molar-refractivity contribution is 0.113. The van der Waals surface area contributed by atoms with Crippen LogP contribution in [0.15, 0.2) is 12.2 Å². The lowest BCUT2D eigenvalue weighted by Crippen LogP contribution is -2.01. The average molecular weight is 126 g/mol. The third kappa shape index (κ3) is 2.19. The molecule has 0 saturated carbocycles. The first kappa shape index (κ1) is 6.81. The molecule has 52 valence electrons. The minimum atomic E-state index is 0.529. The Bertz CT molecular complexity index is 90.7. The van der Waals surface area contributed by atoms with Crippen LogP contribution in [0.3, 0.4) is 0 Å². The molecule has 1 fully saturated rings. The molecular formula is C8H14O. The zero-order valence-electron chi connectivity index (χ0n) is 5.97. The summed E-state index contributed by atoms with van der Waals surface area (Å²) < 4.78 is 5.40. The van der Waals surface area contributed by atoms with Gasteiger partial charge in [0.15, 0.2) is 0 Å². The van der Waals surface area contributed by atoms with E-state index in [2.05, 4.69) is 19.1 Å². The Morgan fingerprint density at radius 3 is 3.11 bits per heavy atom. The second kappa shape index (κ2) is 3.67. The van der Waals surface area contributed by atoms with Crippen LogP contribution in [-0.2, 0) is 4.74 Å². The summed E-state index contributed by atoms with van der Waals surface area (Å²) >= 11 is 0. The third-order valence-corrected chi connectivity index (χ3v) is 1.66. The van der Waals surface area contributed by atoms with E-state index in [0.29, 0.717) is 6.10 Å². The summed E-state index contributed by atoms with van der Waals surface area (Å²) in [7, 11) is 0. The maximum Gasteiger partial charge on any atom is 0.0610 e. The molecule has 0 aromatic rings. The van der Waals surface area contributed by atoms with Crippen LogP contribution in [0.1, 0.15) is 26.2 Å². The first-order chi connectivity index (χ1) is 4.43. The molecule has 1 heteroatoms. The van der Waals surface area contributed by atoms with Crippen molar-refractivity contribution in [3.8, 4) is 0 Å². The van der Waals surface area contributed by atoms with E-state index in [1.54, 1.807) is 0 Å². The number of hydrogen-bond acceptors (Lipinski definition) is 1. The summed E-state index contributed by atoms with van der Waals surface area (Å²) in [5.41, 5.74) is 0. The number of hydrogen-bond donors (Lipinski definition) is 0. The normalized spacial score (nSPS) is 27.9. The number of allylic oxidation sites excluding steroid dienone is 1. The van der Waals surface area contributed by atoms with Gasteiger partial charge < -0.3 is 4.74 Å². The van der Waals surface area contributed by atoms with Gasteiger partial charge in [-0.25, -0.2) is 0 Å². The van der Waals surface area contributed by atoms with Gasteiger partial charge in [0.05, 0.1) is 6.10 Å². The molecule has 1 aliphatic rings. The Balaban J connectivity index is 2.11. The Kier molecular flexibility index (Phi) is 2.78. The Labute approximate surface area is 56.7 Å². The van der Waals surface area contributed by atoms with Crippen LogP contribution in [0.5, 0.6) is 0 Å². The molecule has 0 aromatic carbocycles. The molecule has 0 radical (unpaired) electrons. The van der Waals surface area contributed by atoms with Gasteiger partial charge in [0, 0.05) is 6.61 Å². The van der Waals surface area contributed by atoms with E-state index in [0.717, 1.165) is 13.0 Å². The molecule has 1 atom stereocenters. The topological polar surface area (TPSA) is 9.23 Å². The van der Waals surface area contributed by atoms with Crippen molar-refractivity contribution in [2.24, 2.45) is 0 Å². The monoisotopic (exact) mass is 126 g/mol. The maximum absolute atomic E-state index is 5.40. The van der Waals surface area contributed by atoms with Crippen molar-refractivity contribution in [1.29, 1.82) is 0 Å². The van der Waals surface area contributed by atoms with Gasteiger partial charge in [0.25, 0.3) is 0 Å². The predicted molar refractivity (Wildman–Crippen MR) is 38.4 cm³/mol. The van der Waals surface area contributed by atoms with Crippen molar-refractivity contribution in [3.05, 3.63) is 12.2 Å². The molecular weight excluding hydrogens is 112 g/mol. The summed E-state index contributed by atoms with van der Waals surface area (Å²) in [6.45, 7) is 3.02. The van der Waals surface area contributed by atoms with Crippen molar-refractivity contribution < 1.29 is 4.74 Å². The second-order valence-corrected chi connectivity index (χ2v) is 2.44. The van der Waals surface area contributed by atoms with Crippen LogP contribution in [0, 0.1) is 0 Å². The lowest BCUT2D eigenvalue weighted by Gasteiger charge is -2.02. The first-order valence-electron chi connectivity index (χ1n) is 3.66. The summed E-state index contributed by atoms with van der Waals surface area (Å²) in [5, 5.41) is 0. The van der Waals surface area contributed by atoms with E-state index in [9.17, 15) is 0 Å². The van der Waals surface area contributed by atoms with Gasteiger partial charge in [-0.05, 0) is 26.2 Å². The highest BCUT2D eigenvalue weighted by atomic mass is 16.5. The van der Waals surface area contributed by atoms with Gasteiger partial charge in [-0.3, -0.25) is 0 Å². The Morgan fingerprint density at radius 1 is 1.67 bits per heavy atom. The Morgan fingerprint density at radius 2 is 2.56 bits per heavy atom. The zero-order chi connectivity index (χ0) is 6.53. The average Bonchev–Trinajstić information content (AvgIpc) is 2.34. The smallest absolute Gasteiger partial charge is 0.0610 e. The fraction of sp³-hybridized carbons (Fsp3) is 0.750. The van der Waals surface area contributed by atoms with Crippen LogP contribution in [-0.4, -0.2) is 12.7 Å². The van der Waals surface area contributed by atoms with E-state index < -0.39 is 0 Å². The summed E-state index contributed by atoms with van der Waals surface area (Å²) in [5.74, 6) is 0. The molecule has 1 rings (SSSR count). The number of rotatable bonds is 2. The van der Waals surface area contributed by atoms with Crippen LogP contribution in [0.4, 0.5) is 0 Å². The van der Waals surface area contributed by atoms with E-state index in [1.165, 1.54) is 12.8 Å². The molecule has 1 aliphatic heterocycles. The zero-order valence-corrected chi connectivity index (χ0v) is 5.97. The van der Waals surface area contributed by atoms with Gasteiger partial charge in [-0.2, -0.15) is 0 Å². The van der Waals surface area contributed by atoms with Gasteiger partial charge >= 0.3 is 0 Å². The van der Waals surface area contributed by atoms with Crippen molar-refractivity contribution in [2.45, 2.75) is 32.3 Å². The standard InChI is InChI=1S/C8H14O/c1-2-3-5-8-6-4-7-9-8/h2-3,8H,4-7H2,1H3. The molecule has 0 amide bonds. The van der Waals surface area contributed by atoms with E-state index in [4.69, 9.17) is 4.74 Å². The predicted octanol–water partition coefficient (Wildman–Crippen LogP) is 2.13. The quantitative estimate of drug-likeness (QED) is 0.515. The van der Waals surface area contributed by atoms with Gasteiger partial charge in [0.2, 0.25) is 0 Å². The van der Waals surface area contributed by atoms with Crippen molar-refractivity contribution in [2.75, 3.05) is 6.61 Å². The van der Waals surface area contributed by atoms with Crippen molar-refractivity contribution >= 4 is 0 Å². The molecule has 1 heterocycles. The maximum atomic E-state index is 5.40. The van der Waals surface area contributed by atoms with Gasteiger partial charge in [-0.15, -0.1) is 0 Å². The highest BCUT2D eigenvalue weighted by molar-refractivity contribution is 4.82. The summed E-state index contributed by atoms with van der Waals surface area (Å²) in [6.07, 6.45) is 8.40. The molecule has 1 nitrogen and oxygen atoms in total. The minimum Gasteiger partial charge on any atom is -0.378 e. The van der Waals surface area contributed by atoms with Crippen LogP contribution >= 0.6 is 0 Å². The molecule has 0 N–H and O–H groups in total. The molecule has 9 heavy (non-hydrogen) atoms. The largest absolute Gasteiger partial charge is 0.378 e. The summed E-state index contributed by atoms with van der Waals surface area (Å²) in [4.78, 5) is 0. The Hall–Kier alpha value is -0.300. The highest BCUT2D eigenvalue weighted by Gasteiger charge is 2.12. The fourth-order valence-corrected chi connectivity index (χ4v) is 1.12. The lowest BCUT2D eigenvalue weighted by atomic mass is 10.2. The molecule has 0 bridgehead atoms. The fourth-order valence-electron chi connectivity index (χ4n) is 1.12. The van der Waals surface area contributed by atoms with Crippen LogP contribution in [0.2, 0.25) is 0 Å². The van der Waals surface area contributed by atoms with Gasteiger partial charge in [-0.1, -0.05) is 12.2 Å². The molecule has 1 unspecified atom stereocenters. The minimum absolute atomic E-state index is 0.529. The van der Waals surface area contributed by atoms with E-state index in [1.807, 2.05) is 0 Å². The molecule has 0 spiro atoms. The highest BCUT2D eigenvalue weighted by Crippen LogP contribution is 2.15. The SMILES string of the molecule is CC=CCC1CCCO1. The van der Waals surface area contributed by atoms with Crippen LogP contribution < -0.4 is 0 Å².